The lowest BCUT2D eigenvalue weighted by atomic mass is 10.1. The van der Waals surface area contributed by atoms with Crippen LogP contribution < -0.4 is 0 Å². The largest absolute Gasteiger partial charge is 0.469 e. The van der Waals surface area contributed by atoms with E-state index in [1.54, 1.807) is 12.2 Å². The van der Waals surface area contributed by atoms with Gasteiger partial charge in [0.15, 0.2) is 0 Å². The third-order valence-corrected chi connectivity index (χ3v) is 2.41. The van der Waals surface area contributed by atoms with E-state index in [1.807, 2.05) is 30.3 Å². The maximum atomic E-state index is 11.1. The highest BCUT2D eigenvalue weighted by Crippen LogP contribution is 2.13. The van der Waals surface area contributed by atoms with Crippen LogP contribution in [0.4, 0.5) is 0 Å². The second kappa shape index (κ2) is 7.87. The summed E-state index contributed by atoms with van der Waals surface area (Å²) in [5.74, 6) is -0.702. The molecule has 0 saturated carbocycles. The van der Waals surface area contributed by atoms with Crippen molar-refractivity contribution in [2.24, 2.45) is 0 Å². The highest BCUT2D eigenvalue weighted by atomic mass is 16.5. The Hall–Kier alpha value is -2.36. The Labute approximate surface area is 112 Å². The molecule has 0 N–H and O–H groups in total. The molecule has 1 rings (SSSR count). The molecule has 0 aliphatic carbocycles. The minimum Gasteiger partial charge on any atom is -0.469 e. The number of methoxy groups -OCH3 is 2. The fourth-order valence-corrected chi connectivity index (χ4v) is 1.41. The Morgan fingerprint density at radius 1 is 1.05 bits per heavy atom. The second-order valence-electron chi connectivity index (χ2n) is 3.67. The van der Waals surface area contributed by atoms with Gasteiger partial charge in [0.1, 0.15) is 0 Å². The van der Waals surface area contributed by atoms with E-state index in [9.17, 15) is 9.59 Å². The molecule has 0 spiro atoms. The van der Waals surface area contributed by atoms with Crippen molar-refractivity contribution in [1.29, 1.82) is 0 Å². The molecule has 0 unspecified atom stereocenters. The van der Waals surface area contributed by atoms with Crippen molar-refractivity contribution in [3.8, 4) is 0 Å². The molecule has 0 aromatic heterocycles. The van der Waals surface area contributed by atoms with Crippen LogP contribution in [-0.4, -0.2) is 26.2 Å². The summed E-state index contributed by atoms with van der Waals surface area (Å²) in [4.78, 5) is 22.0. The maximum Gasteiger partial charge on any atom is 0.330 e. The first-order valence-corrected chi connectivity index (χ1v) is 5.75. The number of benzene rings is 1. The Kier molecular flexibility index (Phi) is 6.09. The van der Waals surface area contributed by atoms with Crippen molar-refractivity contribution >= 4 is 24.1 Å². The van der Waals surface area contributed by atoms with Crippen LogP contribution in [0.2, 0.25) is 0 Å². The second-order valence-corrected chi connectivity index (χ2v) is 3.67. The molecule has 0 atom stereocenters. The van der Waals surface area contributed by atoms with E-state index in [0.717, 1.165) is 11.1 Å². The summed E-state index contributed by atoms with van der Waals surface area (Å²) < 4.78 is 9.08. The SMILES string of the molecule is COC(=O)/C=C/c1ccccc1C=CCC(=O)OC. The molecule has 1 aromatic rings. The van der Waals surface area contributed by atoms with Crippen LogP contribution in [0.25, 0.3) is 12.2 Å². The Balaban J connectivity index is 2.81. The molecular weight excluding hydrogens is 244 g/mol. The summed E-state index contributed by atoms with van der Waals surface area (Å²) >= 11 is 0. The highest BCUT2D eigenvalue weighted by molar-refractivity contribution is 5.87. The van der Waals surface area contributed by atoms with Gasteiger partial charge in [-0.1, -0.05) is 36.4 Å². The molecule has 0 bridgehead atoms. The molecule has 1 aromatic carbocycles. The molecule has 0 saturated heterocycles. The number of rotatable bonds is 5. The summed E-state index contributed by atoms with van der Waals surface area (Å²) in [6.07, 6.45) is 6.77. The van der Waals surface area contributed by atoms with E-state index in [0.29, 0.717) is 0 Å². The first kappa shape index (κ1) is 14.7. The third kappa shape index (κ3) is 5.21. The molecule has 4 heteroatoms. The third-order valence-electron chi connectivity index (χ3n) is 2.41. The smallest absolute Gasteiger partial charge is 0.330 e. The summed E-state index contributed by atoms with van der Waals surface area (Å²) in [6, 6.07) is 7.52. The van der Waals surface area contributed by atoms with Crippen LogP contribution in [0.5, 0.6) is 0 Å². The fraction of sp³-hybridized carbons (Fsp3) is 0.200. The van der Waals surface area contributed by atoms with Gasteiger partial charge in [-0.2, -0.15) is 0 Å². The molecule has 0 aliphatic rings. The van der Waals surface area contributed by atoms with Gasteiger partial charge in [0, 0.05) is 6.08 Å². The van der Waals surface area contributed by atoms with Crippen LogP contribution >= 0.6 is 0 Å². The van der Waals surface area contributed by atoms with Crippen LogP contribution in [0.15, 0.2) is 36.4 Å². The van der Waals surface area contributed by atoms with Crippen LogP contribution in [-0.2, 0) is 19.1 Å². The number of esters is 2. The van der Waals surface area contributed by atoms with Gasteiger partial charge in [0.05, 0.1) is 20.6 Å². The number of hydrogen-bond acceptors (Lipinski definition) is 4. The number of ether oxygens (including phenoxy) is 2. The van der Waals surface area contributed by atoms with Crippen LogP contribution in [0.3, 0.4) is 0 Å². The van der Waals surface area contributed by atoms with E-state index >= 15 is 0 Å². The Morgan fingerprint density at radius 2 is 1.68 bits per heavy atom. The van der Waals surface area contributed by atoms with Crippen molar-refractivity contribution in [1.82, 2.24) is 0 Å². The summed E-state index contributed by atoms with van der Waals surface area (Å²) in [5.41, 5.74) is 1.78. The monoisotopic (exact) mass is 260 g/mol. The van der Waals surface area contributed by atoms with Crippen molar-refractivity contribution in [3.05, 3.63) is 47.5 Å². The molecule has 4 nitrogen and oxygen atoms in total. The van der Waals surface area contributed by atoms with E-state index in [4.69, 9.17) is 0 Å². The first-order valence-electron chi connectivity index (χ1n) is 5.75. The zero-order valence-corrected chi connectivity index (χ0v) is 11.0. The van der Waals surface area contributed by atoms with Gasteiger partial charge < -0.3 is 9.47 Å². The topological polar surface area (TPSA) is 52.6 Å². The van der Waals surface area contributed by atoms with Gasteiger partial charge >= 0.3 is 11.9 Å². The van der Waals surface area contributed by atoms with Crippen molar-refractivity contribution in [2.75, 3.05) is 14.2 Å². The molecular formula is C15H16O4. The minimum atomic E-state index is -0.409. The van der Waals surface area contributed by atoms with Crippen LogP contribution in [0, 0.1) is 0 Å². The fourth-order valence-electron chi connectivity index (χ4n) is 1.41. The zero-order chi connectivity index (χ0) is 14.1. The average Bonchev–Trinajstić information content (AvgIpc) is 2.45. The van der Waals surface area contributed by atoms with Crippen molar-refractivity contribution < 1.29 is 19.1 Å². The molecule has 100 valence electrons. The van der Waals surface area contributed by atoms with Gasteiger partial charge in [0.2, 0.25) is 0 Å². The molecule has 0 amide bonds. The summed E-state index contributed by atoms with van der Waals surface area (Å²) in [6.45, 7) is 0. The van der Waals surface area contributed by atoms with Gasteiger partial charge in [-0.25, -0.2) is 4.79 Å². The maximum absolute atomic E-state index is 11.1. The number of carbonyl (C=O) groups excluding carboxylic acids is 2. The van der Waals surface area contributed by atoms with E-state index < -0.39 is 5.97 Å². The first-order chi connectivity index (χ1) is 9.17. The van der Waals surface area contributed by atoms with Crippen LogP contribution in [0.1, 0.15) is 17.5 Å². The number of carbonyl (C=O) groups is 2. The standard InChI is InChI=1S/C15H16O4/c1-18-14(16)9-5-8-12-6-3-4-7-13(12)10-11-15(17)19-2/h3-8,10-11H,9H2,1-2H3/b8-5?,11-10+. The number of hydrogen-bond donors (Lipinski definition) is 0. The average molecular weight is 260 g/mol. The quantitative estimate of drug-likeness (QED) is 0.602. The minimum absolute atomic E-state index is 0.214. The molecule has 0 fully saturated rings. The van der Waals surface area contributed by atoms with Crippen molar-refractivity contribution in [2.45, 2.75) is 6.42 Å². The lowest BCUT2D eigenvalue weighted by Gasteiger charge is -2.00. The zero-order valence-electron chi connectivity index (χ0n) is 11.0. The predicted octanol–water partition coefficient (Wildman–Crippen LogP) is 2.45. The molecule has 19 heavy (non-hydrogen) atoms. The van der Waals surface area contributed by atoms with Gasteiger partial charge in [-0.15, -0.1) is 0 Å². The van der Waals surface area contributed by atoms with Gasteiger partial charge in [-0.3, -0.25) is 4.79 Å². The highest BCUT2D eigenvalue weighted by Gasteiger charge is 1.98. The molecule has 0 radical (unpaired) electrons. The lowest BCUT2D eigenvalue weighted by molar-refractivity contribution is -0.139. The van der Waals surface area contributed by atoms with E-state index in [1.165, 1.54) is 20.3 Å². The Morgan fingerprint density at radius 3 is 2.26 bits per heavy atom. The normalized spacial score (nSPS) is 10.8. The Bertz CT molecular complexity index is 501. The summed E-state index contributed by atoms with van der Waals surface area (Å²) in [5, 5.41) is 0. The van der Waals surface area contributed by atoms with Crippen molar-refractivity contribution in [3.63, 3.8) is 0 Å². The van der Waals surface area contributed by atoms with E-state index in [2.05, 4.69) is 9.47 Å². The molecule has 0 heterocycles. The van der Waals surface area contributed by atoms with Gasteiger partial charge in [-0.05, 0) is 17.2 Å². The summed E-state index contributed by atoms with van der Waals surface area (Å²) in [7, 11) is 2.68. The van der Waals surface area contributed by atoms with E-state index in [-0.39, 0.29) is 12.4 Å². The lowest BCUT2D eigenvalue weighted by Crippen LogP contribution is -1.96. The predicted molar refractivity (Wildman–Crippen MR) is 73.2 cm³/mol. The van der Waals surface area contributed by atoms with Gasteiger partial charge in [0.25, 0.3) is 0 Å². The molecule has 0 aliphatic heterocycles.